The molecule has 6 heteroatoms. The van der Waals surface area contributed by atoms with Gasteiger partial charge in [-0.25, -0.2) is 18.2 Å². The Hall–Kier alpha value is -2.76. The van der Waals surface area contributed by atoms with Crippen LogP contribution >= 0.6 is 0 Å². The molecular weight excluding hydrogens is 339 g/mol. The summed E-state index contributed by atoms with van der Waals surface area (Å²) in [4.78, 5) is 4.64. The van der Waals surface area contributed by atoms with Gasteiger partial charge in [0, 0.05) is 16.5 Å². The normalized spacial score (nSPS) is 22.1. The minimum atomic E-state index is -0.852. The van der Waals surface area contributed by atoms with Crippen LogP contribution in [0.3, 0.4) is 0 Å². The number of hydrogen-bond acceptors (Lipinski definition) is 3. The van der Waals surface area contributed by atoms with E-state index in [0.29, 0.717) is 41.2 Å². The molecule has 1 aromatic heterocycles. The fourth-order valence-electron chi connectivity index (χ4n) is 3.29. The third-order valence-corrected chi connectivity index (χ3v) is 4.81. The van der Waals surface area contributed by atoms with Gasteiger partial charge in [-0.3, -0.25) is 0 Å². The number of aromatic nitrogens is 3. The lowest BCUT2D eigenvalue weighted by Crippen LogP contribution is -2.41. The van der Waals surface area contributed by atoms with Crippen molar-refractivity contribution in [3.8, 4) is 22.5 Å². The van der Waals surface area contributed by atoms with E-state index in [9.17, 15) is 13.2 Å². The highest BCUT2D eigenvalue weighted by Gasteiger charge is 2.45. The fourth-order valence-corrected chi connectivity index (χ4v) is 3.29. The molecule has 0 spiro atoms. The van der Waals surface area contributed by atoms with Crippen LogP contribution in [-0.2, 0) is 5.41 Å². The van der Waals surface area contributed by atoms with Crippen LogP contribution in [0.4, 0.5) is 13.2 Å². The molecule has 1 aliphatic carbocycles. The van der Waals surface area contributed by atoms with Crippen LogP contribution < -0.4 is 0 Å². The Morgan fingerprint density at radius 3 is 1.81 bits per heavy atom. The van der Waals surface area contributed by atoms with Gasteiger partial charge in [0.15, 0.2) is 5.82 Å². The molecule has 4 rings (SSSR count). The minimum absolute atomic E-state index is 0.355. The molecule has 0 saturated heterocycles. The second-order valence-electron chi connectivity index (χ2n) is 6.91. The van der Waals surface area contributed by atoms with E-state index < -0.39 is 11.6 Å². The van der Waals surface area contributed by atoms with E-state index in [1.807, 2.05) is 6.92 Å². The molecule has 0 amide bonds. The first-order chi connectivity index (χ1) is 12.4. The monoisotopic (exact) mass is 355 g/mol. The molecule has 1 fully saturated rings. The Kier molecular flexibility index (Phi) is 3.98. The molecule has 0 N–H and O–H groups in total. The van der Waals surface area contributed by atoms with Crippen molar-refractivity contribution in [1.82, 2.24) is 15.2 Å². The second kappa shape index (κ2) is 6.20. The van der Waals surface area contributed by atoms with Gasteiger partial charge in [-0.15, -0.1) is 10.2 Å². The smallest absolute Gasteiger partial charge is 0.157 e. The van der Waals surface area contributed by atoms with Crippen LogP contribution in [-0.4, -0.2) is 21.4 Å². The number of hydrogen-bond donors (Lipinski definition) is 0. The van der Waals surface area contributed by atoms with Crippen molar-refractivity contribution in [2.24, 2.45) is 0 Å². The predicted molar refractivity (Wildman–Crippen MR) is 92.1 cm³/mol. The van der Waals surface area contributed by atoms with E-state index >= 15 is 0 Å². The van der Waals surface area contributed by atoms with Crippen LogP contribution in [0.5, 0.6) is 0 Å². The predicted octanol–water partition coefficient (Wildman–Crippen LogP) is 4.87. The molecule has 0 bridgehead atoms. The van der Waals surface area contributed by atoms with Gasteiger partial charge < -0.3 is 0 Å². The second-order valence-corrected chi connectivity index (χ2v) is 6.91. The highest BCUT2D eigenvalue weighted by molar-refractivity contribution is 5.77. The molecule has 132 valence electrons. The Balaban J connectivity index is 1.85. The largest absolute Gasteiger partial charge is 0.247 e. The maximum absolute atomic E-state index is 13.4. The third kappa shape index (κ3) is 2.96. The molecular formula is C20H16F3N3. The molecule has 1 saturated carbocycles. The number of alkyl halides is 1. The molecule has 1 aliphatic rings. The van der Waals surface area contributed by atoms with E-state index in [2.05, 4.69) is 15.2 Å². The summed E-state index contributed by atoms with van der Waals surface area (Å²) in [6, 6.07) is 11.8. The lowest BCUT2D eigenvalue weighted by atomic mass is 9.68. The van der Waals surface area contributed by atoms with Gasteiger partial charge in [0.1, 0.15) is 29.2 Å². The number of benzene rings is 2. The highest BCUT2D eigenvalue weighted by Crippen LogP contribution is 2.44. The Bertz CT molecular complexity index is 934. The number of nitrogens with zero attached hydrogens (tertiary/aromatic N) is 3. The fraction of sp³-hybridized carbons (Fsp3) is 0.250. The standard InChI is InChI=1S/C20H16F3N3/c1-20(10-16(23)11-20)19-24-17(12-2-6-14(21)7-3-12)18(25-26-19)13-4-8-15(22)9-5-13/h2-9,16H,10-11H2,1H3. The van der Waals surface area contributed by atoms with E-state index in [1.54, 1.807) is 24.3 Å². The Labute approximate surface area is 148 Å². The SMILES string of the molecule is CC1(c2nnc(-c3ccc(F)cc3)c(-c3ccc(F)cc3)n2)CC(F)C1. The maximum atomic E-state index is 13.4. The molecule has 3 aromatic rings. The highest BCUT2D eigenvalue weighted by atomic mass is 19.1. The molecule has 26 heavy (non-hydrogen) atoms. The molecule has 0 unspecified atom stereocenters. The lowest BCUT2D eigenvalue weighted by Gasteiger charge is -2.39. The first-order valence-corrected chi connectivity index (χ1v) is 8.36. The van der Waals surface area contributed by atoms with E-state index in [-0.39, 0.29) is 11.6 Å². The summed E-state index contributed by atoms with van der Waals surface area (Å²) in [7, 11) is 0. The number of halogens is 3. The summed E-state index contributed by atoms with van der Waals surface area (Å²) in [5.74, 6) is -0.243. The van der Waals surface area contributed by atoms with Crippen molar-refractivity contribution >= 4 is 0 Å². The zero-order valence-corrected chi connectivity index (χ0v) is 14.1. The van der Waals surface area contributed by atoms with Crippen molar-refractivity contribution in [3.05, 3.63) is 66.0 Å². The molecule has 0 aliphatic heterocycles. The van der Waals surface area contributed by atoms with Crippen molar-refractivity contribution in [3.63, 3.8) is 0 Å². The molecule has 1 heterocycles. The van der Waals surface area contributed by atoms with E-state index in [4.69, 9.17) is 0 Å². The summed E-state index contributed by atoms with van der Waals surface area (Å²) < 4.78 is 40.0. The summed E-state index contributed by atoms with van der Waals surface area (Å²) in [6.45, 7) is 1.91. The first-order valence-electron chi connectivity index (χ1n) is 8.36. The van der Waals surface area contributed by atoms with Gasteiger partial charge in [0.05, 0.1) is 0 Å². The van der Waals surface area contributed by atoms with E-state index in [1.165, 1.54) is 24.3 Å². The summed E-state index contributed by atoms with van der Waals surface area (Å²) in [5.41, 5.74) is 1.86. The Morgan fingerprint density at radius 1 is 0.808 bits per heavy atom. The van der Waals surface area contributed by atoms with Crippen molar-refractivity contribution < 1.29 is 13.2 Å². The van der Waals surface area contributed by atoms with Gasteiger partial charge in [-0.2, -0.15) is 0 Å². The van der Waals surface area contributed by atoms with Crippen molar-refractivity contribution in [2.75, 3.05) is 0 Å². The topological polar surface area (TPSA) is 38.7 Å². The maximum Gasteiger partial charge on any atom is 0.157 e. The molecule has 0 atom stereocenters. The van der Waals surface area contributed by atoms with Gasteiger partial charge >= 0.3 is 0 Å². The van der Waals surface area contributed by atoms with Crippen LogP contribution in [0.15, 0.2) is 48.5 Å². The van der Waals surface area contributed by atoms with Gasteiger partial charge in [-0.1, -0.05) is 6.92 Å². The van der Waals surface area contributed by atoms with Crippen LogP contribution in [0.25, 0.3) is 22.5 Å². The van der Waals surface area contributed by atoms with Crippen LogP contribution in [0.1, 0.15) is 25.6 Å². The average molecular weight is 355 g/mol. The van der Waals surface area contributed by atoms with Crippen molar-refractivity contribution in [2.45, 2.75) is 31.4 Å². The lowest BCUT2D eigenvalue weighted by molar-refractivity contribution is 0.100. The van der Waals surface area contributed by atoms with E-state index in [0.717, 1.165) is 0 Å². The van der Waals surface area contributed by atoms with Gasteiger partial charge in [0.2, 0.25) is 0 Å². The molecule has 0 radical (unpaired) electrons. The van der Waals surface area contributed by atoms with Crippen LogP contribution in [0.2, 0.25) is 0 Å². The molecule has 3 nitrogen and oxygen atoms in total. The zero-order valence-electron chi connectivity index (χ0n) is 14.1. The third-order valence-electron chi connectivity index (χ3n) is 4.81. The first kappa shape index (κ1) is 16.7. The Morgan fingerprint density at radius 2 is 1.31 bits per heavy atom. The summed E-state index contributed by atoms with van der Waals surface area (Å²) in [6.07, 6.45) is -0.143. The number of rotatable bonds is 3. The van der Waals surface area contributed by atoms with Gasteiger partial charge in [0.25, 0.3) is 0 Å². The summed E-state index contributed by atoms with van der Waals surface area (Å²) in [5, 5.41) is 8.51. The molecule has 2 aromatic carbocycles. The van der Waals surface area contributed by atoms with Gasteiger partial charge in [-0.05, 0) is 61.4 Å². The zero-order chi connectivity index (χ0) is 18.3. The van der Waals surface area contributed by atoms with Crippen molar-refractivity contribution in [1.29, 1.82) is 0 Å². The average Bonchev–Trinajstić information content (AvgIpc) is 2.61. The van der Waals surface area contributed by atoms with Crippen LogP contribution in [0, 0.1) is 11.6 Å². The quantitative estimate of drug-likeness (QED) is 0.673. The summed E-state index contributed by atoms with van der Waals surface area (Å²) >= 11 is 0. The minimum Gasteiger partial charge on any atom is -0.247 e.